The van der Waals surface area contributed by atoms with Crippen molar-refractivity contribution in [2.24, 2.45) is 0 Å². The van der Waals surface area contributed by atoms with Crippen LogP contribution in [0.5, 0.6) is 0 Å². The first-order valence-corrected chi connectivity index (χ1v) is 29.7. The number of likely N-dealkylation sites (N-methyl/N-ethyl adjacent to an activating group) is 1. The van der Waals surface area contributed by atoms with Gasteiger partial charge < -0.3 is 57.9 Å². The first kappa shape index (κ1) is 68.9. The summed E-state index contributed by atoms with van der Waals surface area (Å²) in [5.74, 6) is 0.625. The fourth-order valence-electron chi connectivity index (χ4n) is 6.59. The van der Waals surface area contributed by atoms with Gasteiger partial charge in [-0.25, -0.2) is 16.8 Å². The molecule has 2 aromatic carbocycles. The Morgan fingerprint density at radius 3 is 1.33 bits per heavy atom. The molecular weight excluding hydrogens is 911 g/mol. The minimum atomic E-state index is -2.93. The third-order valence-electron chi connectivity index (χ3n) is 10.5. The fraction of sp³-hybridized carbons (Fsp3) is 0.765. The van der Waals surface area contributed by atoms with Gasteiger partial charge >= 0.3 is 0 Å². The van der Waals surface area contributed by atoms with Crippen LogP contribution in [0, 0.1) is 0 Å². The molecule has 1 atom stereocenters. The minimum absolute atomic E-state index is 0.312. The predicted octanol–water partition coefficient (Wildman–Crippen LogP) is 3.05. The van der Waals surface area contributed by atoms with Crippen LogP contribution >= 0.6 is 0 Å². The van der Waals surface area contributed by atoms with Crippen molar-refractivity contribution in [2.75, 3.05) is 164 Å². The highest BCUT2D eigenvalue weighted by Crippen LogP contribution is 2.04. The molecule has 0 aliphatic carbocycles. The monoisotopic (exact) mass is 1020 g/mol. The largest absolute Gasteiger partial charge is 0.379 e. The van der Waals surface area contributed by atoms with Crippen molar-refractivity contribution in [1.82, 2.24) is 57.5 Å². The molecule has 0 aromatic heterocycles. The summed E-state index contributed by atoms with van der Waals surface area (Å²) in [7, 11) is 2.10. The fourth-order valence-corrected chi connectivity index (χ4v) is 8.55. The number of hydrogen-bond acceptors (Lipinski definition) is 15. The van der Waals surface area contributed by atoms with Gasteiger partial charge in [-0.1, -0.05) is 87.4 Å². The van der Waals surface area contributed by atoms with E-state index in [0.717, 1.165) is 78.0 Å². The molecule has 18 heteroatoms. The number of morpholine rings is 1. The van der Waals surface area contributed by atoms with Gasteiger partial charge in [-0.15, -0.1) is 0 Å². The van der Waals surface area contributed by atoms with Gasteiger partial charge in [-0.2, -0.15) is 4.31 Å². The zero-order chi connectivity index (χ0) is 51.4. The zero-order valence-corrected chi connectivity index (χ0v) is 46.5. The topological polar surface area (TPSA) is 201 Å². The standard InChI is InChI=1S/C9H13N.C8H11N.C6H13N.C5H12N2O2S.C5H11N.C4H9NO2S.C4H9NO.C4H9N.C4H11N.C2H7N/c1-10-8-7-9-5-3-2-4-6-9;1-9-7-8-5-3-2-4-6-8;1-6-4-2-3-5-7-6;1-10(8,9)7-4-2-6-3-5-7;1-2-4-6-5-3-1;6-8(7)3-1-5-2-4-8;1-3-6-4-2-5-1;1-2-4-5-3-1;1-3-5-4-2;1-3-2/h2-6,10H,7-8H2,1H3;2-6,9H,7H2,1H3;6-7H,2-5H2,1H3;6H,2-5H2,1H3;6H,1-5H2;5H,1-4H2;5H,1-4H2;5H,1-4H2;5H,3-4H2,1-2H3;3H,1-2H3. The van der Waals surface area contributed by atoms with Crippen LogP contribution < -0.4 is 53.2 Å². The minimum Gasteiger partial charge on any atom is -0.379 e. The molecule has 406 valence electrons. The Kier molecular flexibility index (Phi) is 52.1. The normalized spacial score (nSPS) is 19.3. The molecule has 16 nitrogen and oxygen atoms in total. The van der Waals surface area contributed by atoms with E-state index in [0.29, 0.717) is 37.7 Å². The van der Waals surface area contributed by atoms with Crippen LogP contribution in [0.2, 0.25) is 0 Å². The van der Waals surface area contributed by atoms with Crippen molar-refractivity contribution in [3.8, 4) is 0 Å². The van der Waals surface area contributed by atoms with Crippen LogP contribution in [0.1, 0.15) is 83.3 Å². The van der Waals surface area contributed by atoms with E-state index < -0.39 is 19.9 Å². The predicted molar refractivity (Wildman–Crippen MR) is 297 cm³/mol. The molecule has 0 amide bonds. The lowest BCUT2D eigenvalue weighted by atomic mass is 10.1. The molecule has 1 unspecified atom stereocenters. The Morgan fingerprint density at radius 1 is 0.609 bits per heavy atom. The maximum Gasteiger partial charge on any atom is 0.211 e. The second-order valence-corrected chi connectivity index (χ2v) is 21.4. The van der Waals surface area contributed by atoms with Gasteiger partial charge in [-0.05, 0) is 144 Å². The summed E-state index contributed by atoms with van der Waals surface area (Å²) >= 11 is 0. The Bertz CT molecular complexity index is 1460. The Labute approximate surface area is 423 Å². The van der Waals surface area contributed by atoms with Gasteiger partial charge in [0.2, 0.25) is 10.0 Å². The Hall–Kier alpha value is -2.14. The van der Waals surface area contributed by atoms with Gasteiger partial charge in [0, 0.05) is 64.9 Å². The smallest absolute Gasteiger partial charge is 0.211 e. The van der Waals surface area contributed by atoms with Crippen LogP contribution in [0.3, 0.4) is 0 Å². The first-order chi connectivity index (χ1) is 33.4. The highest BCUT2D eigenvalue weighted by atomic mass is 32.2. The van der Waals surface area contributed by atoms with Gasteiger partial charge in [-0.3, -0.25) is 0 Å². The summed E-state index contributed by atoms with van der Waals surface area (Å²) in [6, 6.07) is 21.6. The molecular formula is C51H105N11O5S2. The summed E-state index contributed by atoms with van der Waals surface area (Å²) in [6.45, 7) is 24.7. The number of nitrogens with zero attached hydrogens (tertiary/aromatic N) is 1. The van der Waals surface area contributed by atoms with E-state index in [4.69, 9.17) is 4.74 Å². The van der Waals surface area contributed by atoms with Crippen molar-refractivity contribution >= 4 is 19.9 Å². The van der Waals surface area contributed by atoms with E-state index in [1.165, 1.54) is 106 Å². The van der Waals surface area contributed by atoms with Crippen LogP contribution in [-0.4, -0.2) is 191 Å². The highest BCUT2D eigenvalue weighted by Gasteiger charge is 2.18. The molecule has 0 bridgehead atoms. The number of benzene rings is 2. The number of sulfonamides is 1. The van der Waals surface area contributed by atoms with Crippen molar-refractivity contribution in [1.29, 1.82) is 0 Å². The van der Waals surface area contributed by atoms with Crippen molar-refractivity contribution in [2.45, 2.75) is 91.1 Å². The molecule has 6 aliphatic heterocycles. The lowest BCUT2D eigenvalue weighted by Crippen LogP contribution is -2.45. The SMILES string of the molecule is C1CCNC1.C1CCNCC1.C1COCCN1.CC1CCCCN1.CCNCC.CNC.CNCCc1ccccc1.CNCc1ccccc1.CS(=O)(=O)N1CCNCC1.O=S1(=O)CCNCC1. The summed E-state index contributed by atoms with van der Waals surface area (Å²) in [4.78, 5) is 0. The number of piperazine rings is 1. The number of ether oxygens (including phenoxy) is 1. The number of nitrogens with one attached hydrogen (secondary N) is 10. The maximum absolute atomic E-state index is 10.9. The third-order valence-corrected chi connectivity index (χ3v) is 13.5. The zero-order valence-electron chi connectivity index (χ0n) is 44.9. The maximum atomic E-state index is 10.9. The first-order valence-electron chi connectivity index (χ1n) is 26.1. The lowest BCUT2D eigenvalue weighted by molar-refractivity contribution is 0.109. The highest BCUT2D eigenvalue weighted by molar-refractivity contribution is 7.91. The summed E-state index contributed by atoms with van der Waals surface area (Å²) in [6.07, 6.45) is 13.5. The van der Waals surface area contributed by atoms with Gasteiger partial charge in [0.1, 0.15) is 0 Å². The number of sulfone groups is 1. The molecule has 6 fully saturated rings. The summed E-state index contributed by atoms with van der Waals surface area (Å²) in [5, 5.41) is 31.2. The number of piperidine rings is 2. The van der Waals surface area contributed by atoms with Gasteiger partial charge in [0.25, 0.3) is 0 Å². The Balaban J connectivity index is 0. The van der Waals surface area contributed by atoms with E-state index in [1.807, 2.05) is 52.5 Å². The van der Waals surface area contributed by atoms with E-state index in [9.17, 15) is 16.8 Å². The van der Waals surface area contributed by atoms with Crippen LogP contribution in [0.4, 0.5) is 0 Å². The molecule has 10 N–H and O–H groups in total. The molecule has 69 heavy (non-hydrogen) atoms. The average molecular weight is 1020 g/mol. The second-order valence-electron chi connectivity index (χ2n) is 17.1. The van der Waals surface area contributed by atoms with E-state index in [2.05, 4.69) is 110 Å². The average Bonchev–Trinajstić information content (AvgIpc) is 3.99. The molecule has 6 saturated heterocycles. The molecule has 0 radical (unpaired) electrons. The third kappa shape index (κ3) is 52.0. The number of rotatable bonds is 8. The van der Waals surface area contributed by atoms with Gasteiger partial charge in [0.15, 0.2) is 9.84 Å². The molecule has 6 heterocycles. The van der Waals surface area contributed by atoms with E-state index >= 15 is 0 Å². The summed E-state index contributed by atoms with van der Waals surface area (Å²) < 4.78 is 49.5. The van der Waals surface area contributed by atoms with Crippen molar-refractivity contribution < 1.29 is 21.6 Å². The second kappa shape index (κ2) is 52.2. The molecule has 6 aliphatic rings. The Morgan fingerprint density at radius 2 is 1.06 bits per heavy atom. The van der Waals surface area contributed by atoms with Crippen LogP contribution in [-0.2, 0) is 37.6 Å². The molecule has 8 rings (SSSR count). The summed E-state index contributed by atoms with van der Waals surface area (Å²) in [5.41, 5.74) is 2.73. The van der Waals surface area contributed by atoms with Crippen LogP contribution in [0.25, 0.3) is 0 Å². The molecule has 0 spiro atoms. The quantitative estimate of drug-likeness (QED) is 0.185. The van der Waals surface area contributed by atoms with Crippen molar-refractivity contribution in [3.05, 3.63) is 71.8 Å². The molecule has 0 saturated carbocycles. The number of hydrogen-bond donors (Lipinski definition) is 10. The van der Waals surface area contributed by atoms with Crippen molar-refractivity contribution in [3.63, 3.8) is 0 Å². The van der Waals surface area contributed by atoms with E-state index in [-0.39, 0.29) is 0 Å². The lowest BCUT2D eigenvalue weighted by Gasteiger charge is -2.24. The van der Waals surface area contributed by atoms with E-state index in [1.54, 1.807) is 0 Å². The molecule has 2 aromatic rings. The van der Waals surface area contributed by atoms with Crippen LogP contribution in [0.15, 0.2) is 60.7 Å². The van der Waals surface area contributed by atoms with Gasteiger partial charge in [0.05, 0.1) is 31.0 Å².